The van der Waals surface area contributed by atoms with Gasteiger partial charge < -0.3 is 9.29 Å². The molecule has 0 radical (unpaired) electrons. The number of rotatable bonds is 3. The van der Waals surface area contributed by atoms with Gasteiger partial charge in [0.1, 0.15) is 5.75 Å². The molecule has 0 aliphatic rings. The number of hydrogen-bond donors (Lipinski definition) is 1. The van der Waals surface area contributed by atoms with Crippen LogP contribution < -0.4 is 4.74 Å². The fourth-order valence-electron chi connectivity index (χ4n) is 0.851. The van der Waals surface area contributed by atoms with Gasteiger partial charge in [0.25, 0.3) is 0 Å². The number of hydrogen-bond acceptors (Lipinski definition) is 3. The molecule has 0 aromatic heterocycles. The lowest BCUT2D eigenvalue weighted by molar-refractivity contribution is 0.242. The third-order valence-corrected chi connectivity index (χ3v) is 1.78. The third-order valence-electron chi connectivity index (χ3n) is 1.30. The van der Waals surface area contributed by atoms with Crippen molar-refractivity contribution in [3.8, 4) is 5.75 Å². The maximum atomic E-state index is 8.69. The molecule has 0 atom stereocenters. The first kappa shape index (κ1) is 9.42. The average Bonchev–Trinajstić information content (AvgIpc) is 2.05. The Balaban J connectivity index is 2.65. The summed E-state index contributed by atoms with van der Waals surface area (Å²) in [6, 6.07) is 7.34. The van der Waals surface area contributed by atoms with Gasteiger partial charge in [0.05, 0.1) is 6.10 Å². The highest BCUT2D eigenvalue weighted by atomic mass is 32.2. The minimum Gasteiger partial charge on any atom is -0.491 e. The molecule has 2 nitrogen and oxygen atoms in total. The Bertz CT molecular complexity index is 231. The SMILES string of the molecule is CC(C)Oc1ccc(SO)cc1. The van der Waals surface area contributed by atoms with Gasteiger partial charge in [0, 0.05) is 16.9 Å². The van der Waals surface area contributed by atoms with Crippen molar-refractivity contribution in [2.24, 2.45) is 0 Å². The highest BCUT2D eigenvalue weighted by Gasteiger charge is 1.96. The zero-order chi connectivity index (χ0) is 8.97. The van der Waals surface area contributed by atoms with E-state index in [0.717, 1.165) is 22.7 Å². The van der Waals surface area contributed by atoms with Crippen LogP contribution in [0.25, 0.3) is 0 Å². The number of ether oxygens (including phenoxy) is 1. The van der Waals surface area contributed by atoms with E-state index in [-0.39, 0.29) is 6.10 Å². The minimum absolute atomic E-state index is 0.192. The smallest absolute Gasteiger partial charge is 0.119 e. The van der Waals surface area contributed by atoms with E-state index in [1.54, 1.807) is 0 Å². The summed E-state index contributed by atoms with van der Waals surface area (Å²) >= 11 is 0.741. The Morgan fingerprint density at radius 1 is 1.25 bits per heavy atom. The van der Waals surface area contributed by atoms with Crippen LogP contribution in [0.4, 0.5) is 0 Å². The molecular weight excluding hydrogens is 172 g/mol. The van der Waals surface area contributed by atoms with Crippen LogP contribution in [-0.2, 0) is 0 Å². The lowest BCUT2D eigenvalue weighted by atomic mass is 10.3. The van der Waals surface area contributed by atoms with E-state index in [9.17, 15) is 0 Å². The molecule has 1 aromatic carbocycles. The molecule has 0 heterocycles. The average molecular weight is 184 g/mol. The van der Waals surface area contributed by atoms with Gasteiger partial charge in [0.2, 0.25) is 0 Å². The second-order valence-corrected chi connectivity index (χ2v) is 3.38. The van der Waals surface area contributed by atoms with E-state index in [1.165, 1.54) is 0 Å². The van der Waals surface area contributed by atoms with Crippen LogP contribution in [0.15, 0.2) is 29.2 Å². The van der Waals surface area contributed by atoms with Crippen LogP contribution in [-0.4, -0.2) is 10.7 Å². The van der Waals surface area contributed by atoms with Gasteiger partial charge in [-0.3, -0.25) is 0 Å². The van der Waals surface area contributed by atoms with Crippen molar-refractivity contribution in [3.05, 3.63) is 24.3 Å². The van der Waals surface area contributed by atoms with Crippen molar-refractivity contribution in [2.45, 2.75) is 24.8 Å². The van der Waals surface area contributed by atoms with Crippen molar-refractivity contribution < 1.29 is 9.29 Å². The molecule has 0 amide bonds. The molecule has 0 unspecified atom stereocenters. The van der Waals surface area contributed by atoms with Gasteiger partial charge >= 0.3 is 0 Å². The molecule has 1 aromatic rings. The molecule has 0 aliphatic heterocycles. The summed E-state index contributed by atoms with van der Waals surface area (Å²) in [7, 11) is 0. The molecule has 0 saturated heterocycles. The maximum absolute atomic E-state index is 8.69. The van der Waals surface area contributed by atoms with Gasteiger partial charge in [-0.25, -0.2) is 0 Å². The fourth-order valence-corrected chi connectivity index (χ4v) is 1.11. The Kier molecular flexibility index (Phi) is 3.44. The van der Waals surface area contributed by atoms with Gasteiger partial charge in [-0.15, -0.1) is 0 Å². The van der Waals surface area contributed by atoms with Gasteiger partial charge in [-0.05, 0) is 38.1 Å². The van der Waals surface area contributed by atoms with E-state index in [1.807, 2.05) is 38.1 Å². The van der Waals surface area contributed by atoms with Crippen LogP contribution in [0.3, 0.4) is 0 Å². The van der Waals surface area contributed by atoms with Crippen LogP contribution in [0, 0.1) is 0 Å². The predicted molar refractivity (Wildman–Crippen MR) is 50.7 cm³/mol. The Morgan fingerprint density at radius 3 is 2.25 bits per heavy atom. The van der Waals surface area contributed by atoms with E-state index < -0.39 is 0 Å². The second kappa shape index (κ2) is 4.38. The van der Waals surface area contributed by atoms with Gasteiger partial charge in [-0.1, -0.05) is 0 Å². The largest absolute Gasteiger partial charge is 0.491 e. The van der Waals surface area contributed by atoms with Gasteiger partial charge in [-0.2, -0.15) is 0 Å². The highest BCUT2D eigenvalue weighted by molar-refractivity contribution is 7.93. The zero-order valence-corrected chi connectivity index (χ0v) is 7.97. The molecule has 0 aliphatic carbocycles. The fraction of sp³-hybridized carbons (Fsp3) is 0.333. The maximum Gasteiger partial charge on any atom is 0.119 e. The summed E-state index contributed by atoms with van der Waals surface area (Å²) in [4.78, 5) is 0.825. The first-order chi connectivity index (χ1) is 5.72. The Hall–Kier alpha value is -0.670. The van der Waals surface area contributed by atoms with E-state index in [0.29, 0.717) is 0 Å². The third kappa shape index (κ3) is 2.75. The monoisotopic (exact) mass is 184 g/mol. The Morgan fingerprint density at radius 2 is 1.83 bits per heavy atom. The van der Waals surface area contributed by atoms with E-state index in [4.69, 9.17) is 9.29 Å². The summed E-state index contributed by atoms with van der Waals surface area (Å²) in [5, 5.41) is 0. The van der Waals surface area contributed by atoms with Crippen molar-refractivity contribution in [1.82, 2.24) is 0 Å². The number of benzene rings is 1. The molecule has 1 N–H and O–H groups in total. The molecule has 0 spiro atoms. The molecule has 12 heavy (non-hydrogen) atoms. The molecule has 3 heteroatoms. The van der Waals surface area contributed by atoms with Gasteiger partial charge in [0.15, 0.2) is 0 Å². The lowest BCUT2D eigenvalue weighted by Crippen LogP contribution is -2.04. The van der Waals surface area contributed by atoms with E-state index >= 15 is 0 Å². The van der Waals surface area contributed by atoms with E-state index in [2.05, 4.69) is 0 Å². The molecule has 0 saturated carbocycles. The van der Waals surface area contributed by atoms with Crippen molar-refractivity contribution in [3.63, 3.8) is 0 Å². The highest BCUT2D eigenvalue weighted by Crippen LogP contribution is 2.19. The predicted octanol–water partition coefficient (Wildman–Crippen LogP) is 3.04. The topological polar surface area (TPSA) is 29.5 Å². The summed E-state index contributed by atoms with van der Waals surface area (Å²) in [6.07, 6.45) is 0.192. The normalized spacial score (nSPS) is 10.3. The first-order valence-corrected chi connectivity index (χ1v) is 4.58. The van der Waals surface area contributed by atoms with Crippen molar-refractivity contribution in [2.75, 3.05) is 0 Å². The van der Waals surface area contributed by atoms with Crippen molar-refractivity contribution >= 4 is 12.0 Å². The summed E-state index contributed by atoms with van der Waals surface area (Å²) in [5.41, 5.74) is 0. The summed E-state index contributed by atoms with van der Waals surface area (Å²) < 4.78 is 14.1. The van der Waals surface area contributed by atoms with Crippen LogP contribution >= 0.6 is 12.0 Å². The molecular formula is C9H12O2S. The first-order valence-electron chi connectivity index (χ1n) is 3.80. The lowest BCUT2D eigenvalue weighted by Gasteiger charge is -2.08. The molecule has 66 valence electrons. The Labute approximate surface area is 76.8 Å². The van der Waals surface area contributed by atoms with Crippen molar-refractivity contribution in [1.29, 1.82) is 0 Å². The summed E-state index contributed by atoms with van der Waals surface area (Å²) in [6.45, 7) is 3.96. The standard InChI is InChI=1S/C9H12O2S/c1-7(2)11-8-3-5-9(12-10)6-4-8/h3-7,10H,1-2H3. The molecule has 1 rings (SSSR count). The zero-order valence-electron chi connectivity index (χ0n) is 7.15. The summed E-state index contributed by atoms with van der Waals surface area (Å²) in [5.74, 6) is 0.836. The van der Waals surface area contributed by atoms with Crippen LogP contribution in [0.5, 0.6) is 5.75 Å². The molecule has 0 bridgehead atoms. The van der Waals surface area contributed by atoms with Crippen LogP contribution in [0.1, 0.15) is 13.8 Å². The quantitative estimate of drug-likeness (QED) is 0.732. The van der Waals surface area contributed by atoms with Crippen LogP contribution in [0.2, 0.25) is 0 Å². The molecule has 0 fully saturated rings. The second-order valence-electron chi connectivity index (χ2n) is 2.73. The minimum atomic E-state index is 0.192.